The summed E-state index contributed by atoms with van der Waals surface area (Å²) in [4.78, 5) is 8.75. The molecule has 2 aromatic heterocycles. The standard InChI is InChI=1S/C10H12ClN3/c1-4-9-7(3)14-5-8(11)6(2)12-10(14)13-9/h5H,4H2,1-3H3. The van der Waals surface area contributed by atoms with Gasteiger partial charge in [-0.05, 0) is 20.3 Å². The van der Waals surface area contributed by atoms with Crippen molar-refractivity contribution in [1.29, 1.82) is 0 Å². The van der Waals surface area contributed by atoms with Crippen molar-refractivity contribution >= 4 is 17.4 Å². The molecule has 14 heavy (non-hydrogen) atoms. The molecule has 0 spiro atoms. The van der Waals surface area contributed by atoms with Crippen molar-refractivity contribution < 1.29 is 0 Å². The Morgan fingerprint density at radius 2 is 2.07 bits per heavy atom. The molecule has 0 fully saturated rings. The molecular weight excluding hydrogens is 198 g/mol. The second kappa shape index (κ2) is 3.24. The first-order valence-electron chi connectivity index (χ1n) is 4.64. The van der Waals surface area contributed by atoms with E-state index in [9.17, 15) is 0 Å². The van der Waals surface area contributed by atoms with Gasteiger partial charge in [0.2, 0.25) is 5.78 Å². The molecule has 0 aliphatic heterocycles. The molecule has 0 saturated carbocycles. The van der Waals surface area contributed by atoms with Crippen LogP contribution < -0.4 is 0 Å². The van der Waals surface area contributed by atoms with E-state index in [1.807, 2.05) is 24.4 Å². The second-order valence-corrected chi connectivity index (χ2v) is 3.75. The third kappa shape index (κ3) is 1.28. The number of nitrogens with zero attached hydrogens (tertiary/aromatic N) is 3. The highest BCUT2D eigenvalue weighted by molar-refractivity contribution is 6.31. The summed E-state index contributed by atoms with van der Waals surface area (Å²) >= 11 is 6.00. The Bertz CT molecular complexity index is 488. The Hall–Kier alpha value is -1.09. The first-order valence-corrected chi connectivity index (χ1v) is 5.02. The second-order valence-electron chi connectivity index (χ2n) is 3.34. The van der Waals surface area contributed by atoms with Crippen molar-refractivity contribution in [2.75, 3.05) is 0 Å². The number of hydrogen-bond acceptors (Lipinski definition) is 2. The van der Waals surface area contributed by atoms with Crippen LogP contribution >= 0.6 is 11.6 Å². The Balaban J connectivity index is 2.80. The van der Waals surface area contributed by atoms with Gasteiger partial charge < -0.3 is 0 Å². The number of halogens is 1. The minimum Gasteiger partial charge on any atom is -0.287 e. The molecule has 0 bridgehead atoms. The van der Waals surface area contributed by atoms with E-state index in [-0.39, 0.29) is 0 Å². The van der Waals surface area contributed by atoms with E-state index in [0.717, 1.165) is 29.3 Å². The lowest BCUT2D eigenvalue weighted by atomic mass is 10.3. The van der Waals surface area contributed by atoms with Gasteiger partial charge in [-0.15, -0.1) is 0 Å². The summed E-state index contributed by atoms with van der Waals surface area (Å²) in [6, 6.07) is 0. The maximum Gasteiger partial charge on any atom is 0.234 e. The van der Waals surface area contributed by atoms with Crippen LogP contribution in [0.2, 0.25) is 5.02 Å². The van der Waals surface area contributed by atoms with Gasteiger partial charge in [-0.1, -0.05) is 18.5 Å². The Morgan fingerprint density at radius 3 is 2.71 bits per heavy atom. The summed E-state index contributed by atoms with van der Waals surface area (Å²) in [5.74, 6) is 0.737. The number of aromatic nitrogens is 3. The first-order chi connectivity index (χ1) is 6.63. The SMILES string of the molecule is CCc1nc2nc(C)c(Cl)cn2c1C. The smallest absolute Gasteiger partial charge is 0.234 e. The fourth-order valence-corrected chi connectivity index (χ4v) is 1.66. The van der Waals surface area contributed by atoms with Gasteiger partial charge in [0, 0.05) is 11.9 Å². The molecule has 2 heterocycles. The summed E-state index contributed by atoms with van der Waals surface area (Å²) in [7, 11) is 0. The molecule has 0 N–H and O–H groups in total. The minimum atomic E-state index is 0.681. The molecule has 0 unspecified atom stereocenters. The summed E-state index contributed by atoms with van der Waals surface area (Å²) < 4.78 is 1.94. The number of hydrogen-bond donors (Lipinski definition) is 0. The summed E-state index contributed by atoms with van der Waals surface area (Å²) in [5.41, 5.74) is 3.03. The zero-order valence-electron chi connectivity index (χ0n) is 8.50. The van der Waals surface area contributed by atoms with E-state index < -0.39 is 0 Å². The zero-order chi connectivity index (χ0) is 10.3. The van der Waals surface area contributed by atoms with Crippen LogP contribution in [0.1, 0.15) is 24.0 Å². The van der Waals surface area contributed by atoms with Gasteiger partial charge in [0.05, 0.1) is 16.4 Å². The fourth-order valence-electron chi connectivity index (χ4n) is 1.52. The predicted molar refractivity (Wildman–Crippen MR) is 56.8 cm³/mol. The van der Waals surface area contributed by atoms with Crippen molar-refractivity contribution in [1.82, 2.24) is 14.4 Å². The van der Waals surface area contributed by atoms with Gasteiger partial charge in [0.1, 0.15) is 0 Å². The van der Waals surface area contributed by atoms with Crippen molar-refractivity contribution in [2.45, 2.75) is 27.2 Å². The van der Waals surface area contributed by atoms with Crippen LogP contribution in [0, 0.1) is 13.8 Å². The van der Waals surface area contributed by atoms with Crippen molar-refractivity contribution in [2.24, 2.45) is 0 Å². The molecule has 0 aromatic carbocycles. The lowest BCUT2D eigenvalue weighted by Crippen LogP contribution is -1.93. The van der Waals surface area contributed by atoms with Gasteiger partial charge in [0.15, 0.2) is 0 Å². The molecule has 4 heteroatoms. The highest BCUT2D eigenvalue weighted by Gasteiger charge is 2.09. The van der Waals surface area contributed by atoms with Crippen LogP contribution in [0.4, 0.5) is 0 Å². The molecule has 0 atom stereocenters. The Kier molecular flexibility index (Phi) is 2.19. The normalized spacial score (nSPS) is 11.1. The van der Waals surface area contributed by atoms with Crippen LogP contribution in [-0.2, 0) is 6.42 Å². The number of imidazole rings is 1. The van der Waals surface area contributed by atoms with E-state index in [4.69, 9.17) is 11.6 Å². The molecule has 0 aliphatic carbocycles. The minimum absolute atomic E-state index is 0.681. The van der Waals surface area contributed by atoms with Gasteiger partial charge in [0.25, 0.3) is 0 Å². The van der Waals surface area contributed by atoms with Crippen molar-refractivity contribution in [3.8, 4) is 0 Å². The third-order valence-electron chi connectivity index (χ3n) is 2.42. The molecule has 0 aliphatic rings. The fraction of sp³-hybridized carbons (Fsp3) is 0.400. The number of rotatable bonds is 1. The van der Waals surface area contributed by atoms with E-state index >= 15 is 0 Å². The van der Waals surface area contributed by atoms with Gasteiger partial charge >= 0.3 is 0 Å². The monoisotopic (exact) mass is 209 g/mol. The molecule has 3 nitrogen and oxygen atoms in total. The topological polar surface area (TPSA) is 30.2 Å². The lowest BCUT2D eigenvalue weighted by molar-refractivity contribution is 1.01. The van der Waals surface area contributed by atoms with Crippen LogP contribution in [0.5, 0.6) is 0 Å². The van der Waals surface area contributed by atoms with E-state index in [1.165, 1.54) is 0 Å². The quantitative estimate of drug-likeness (QED) is 0.723. The molecule has 0 saturated heterocycles. The molecule has 0 radical (unpaired) electrons. The van der Waals surface area contributed by atoms with Crippen molar-refractivity contribution in [3.63, 3.8) is 0 Å². The molecule has 2 aromatic rings. The van der Waals surface area contributed by atoms with E-state index in [2.05, 4.69) is 16.9 Å². The summed E-state index contributed by atoms with van der Waals surface area (Å²) in [6.45, 7) is 6.01. The zero-order valence-corrected chi connectivity index (χ0v) is 9.26. The highest BCUT2D eigenvalue weighted by atomic mass is 35.5. The Labute approximate surface area is 87.8 Å². The van der Waals surface area contributed by atoms with Gasteiger partial charge in [-0.2, -0.15) is 0 Å². The van der Waals surface area contributed by atoms with Crippen LogP contribution in [0.25, 0.3) is 5.78 Å². The lowest BCUT2D eigenvalue weighted by Gasteiger charge is -1.99. The van der Waals surface area contributed by atoms with Crippen LogP contribution in [0.3, 0.4) is 0 Å². The Morgan fingerprint density at radius 1 is 1.36 bits per heavy atom. The van der Waals surface area contributed by atoms with Gasteiger partial charge in [-0.3, -0.25) is 4.40 Å². The van der Waals surface area contributed by atoms with E-state index in [1.54, 1.807) is 0 Å². The summed E-state index contributed by atoms with van der Waals surface area (Å²) in [5, 5.41) is 0.681. The van der Waals surface area contributed by atoms with Crippen molar-refractivity contribution in [3.05, 3.63) is 28.3 Å². The largest absolute Gasteiger partial charge is 0.287 e. The first kappa shape index (κ1) is 9.46. The molecule has 74 valence electrons. The molecule has 2 rings (SSSR count). The van der Waals surface area contributed by atoms with Crippen LogP contribution in [0.15, 0.2) is 6.20 Å². The molecule has 0 amide bonds. The number of aryl methyl sites for hydroxylation is 3. The average Bonchev–Trinajstić information content (AvgIpc) is 2.45. The third-order valence-corrected chi connectivity index (χ3v) is 2.79. The maximum absolute atomic E-state index is 6.00. The van der Waals surface area contributed by atoms with E-state index in [0.29, 0.717) is 5.02 Å². The maximum atomic E-state index is 6.00. The highest BCUT2D eigenvalue weighted by Crippen LogP contribution is 2.17. The van der Waals surface area contributed by atoms with Crippen LogP contribution in [-0.4, -0.2) is 14.4 Å². The molecular formula is C10H12ClN3. The summed E-state index contributed by atoms with van der Waals surface area (Å²) in [6.07, 6.45) is 2.80. The average molecular weight is 210 g/mol. The van der Waals surface area contributed by atoms with Gasteiger partial charge in [-0.25, -0.2) is 9.97 Å². The predicted octanol–water partition coefficient (Wildman–Crippen LogP) is 2.56. The number of fused-ring (bicyclic) bond motifs is 1.